The predicted octanol–water partition coefficient (Wildman–Crippen LogP) is 1.94. The number of carbonyl (C=O) groups is 1. The molecule has 4 heteroatoms. The number of likely N-dealkylation sites (tertiary alicyclic amines) is 1. The average Bonchev–Trinajstić information content (AvgIpc) is 2.63. The van der Waals surface area contributed by atoms with Crippen LogP contribution in [0.25, 0.3) is 0 Å². The summed E-state index contributed by atoms with van der Waals surface area (Å²) < 4.78 is 5.70. The number of carbonyl (C=O) groups excluding carboxylic acids is 1. The Hall–Kier alpha value is -0.610. The number of ether oxygens (including phenoxy) is 1. The fourth-order valence-corrected chi connectivity index (χ4v) is 3.07. The van der Waals surface area contributed by atoms with Gasteiger partial charge in [-0.25, -0.2) is 0 Å². The summed E-state index contributed by atoms with van der Waals surface area (Å²) in [6, 6.07) is 0.416. The van der Waals surface area contributed by atoms with E-state index in [0.717, 1.165) is 45.4 Å². The van der Waals surface area contributed by atoms with E-state index in [0.29, 0.717) is 12.6 Å². The van der Waals surface area contributed by atoms with Crippen LogP contribution in [-0.4, -0.2) is 48.7 Å². The molecule has 4 nitrogen and oxygen atoms in total. The van der Waals surface area contributed by atoms with Crippen LogP contribution in [0, 0.1) is 0 Å². The highest BCUT2D eigenvalue weighted by atomic mass is 16.5. The van der Waals surface area contributed by atoms with Gasteiger partial charge < -0.3 is 15.0 Å². The second-order valence-electron chi connectivity index (χ2n) is 6.47. The van der Waals surface area contributed by atoms with E-state index in [-0.39, 0.29) is 11.5 Å². The molecule has 0 aromatic rings. The Morgan fingerprint density at radius 3 is 2.58 bits per heavy atom. The van der Waals surface area contributed by atoms with Crippen LogP contribution in [0.5, 0.6) is 0 Å². The molecule has 0 aliphatic carbocycles. The molecule has 1 unspecified atom stereocenters. The molecule has 2 saturated heterocycles. The molecule has 0 aromatic heterocycles. The van der Waals surface area contributed by atoms with Crippen LogP contribution < -0.4 is 5.32 Å². The number of nitrogens with zero attached hydrogens (tertiary/aromatic N) is 1. The Morgan fingerprint density at radius 2 is 1.95 bits per heavy atom. The Balaban J connectivity index is 1.73. The van der Waals surface area contributed by atoms with E-state index in [4.69, 9.17) is 4.74 Å². The smallest absolute Gasteiger partial charge is 0.236 e. The molecule has 1 atom stereocenters. The molecule has 0 aromatic carbocycles. The monoisotopic (exact) mass is 268 g/mol. The van der Waals surface area contributed by atoms with Crippen LogP contribution in [-0.2, 0) is 9.53 Å². The first kappa shape index (κ1) is 14.8. The molecule has 0 radical (unpaired) electrons. The van der Waals surface area contributed by atoms with Gasteiger partial charge in [0.2, 0.25) is 5.91 Å². The summed E-state index contributed by atoms with van der Waals surface area (Å²) in [4.78, 5) is 14.2. The molecule has 2 heterocycles. The van der Waals surface area contributed by atoms with Crippen molar-refractivity contribution in [2.45, 2.75) is 64.0 Å². The highest BCUT2D eigenvalue weighted by Gasteiger charge is 2.29. The molecular weight excluding hydrogens is 240 g/mol. The Kier molecular flexibility index (Phi) is 5.22. The molecule has 0 saturated carbocycles. The van der Waals surface area contributed by atoms with Crippen molar-refractivity contribution in [3.05, 3.63) is 0 Å². The Bertz CT molecular complexity index is 297. The van der Waals surface area contributed by atoms with E-state index in [1.54, 1.807) is 0 Å². The van der Waals surface area contributed by atoms with Crippen molar-refractivity contribution in [1.29, 1.82) is 0 Å². The van der Waals surface area contributed by atoms with Gasteiger partial charge in [-0.2, -0.15) is 0 Å². The van der Waals surface area contributed by atoms with E-state index in [2.05, 4.69) is 19.2 Å². The summed E-state index contributed by atoms with van der Waals surface area (Å²) in [5.74, 6) is 0.270. The Labute approximate surface area is 116 Å². The Morgan fingerprint density at radius 1 is 1.26 bits per heavy atom. The largest absolute Gasteiger partial charge is 0.375 e. The zero-order chi connectivity index (χ0) is 13.7. The van der Waals surface area contributed by atoms with Crippen molar-refractivity contribution in [3.63, 3.8) is 0 Å². The third-order valence-electron chi connectivity index (χ3n) is 4.20. The molecule has 2 aliphatic heterocycles. The van der Waals surface area contributed by atoms with Crippen molar-refractivity contribution >= 4 is 5.91 Å². The first-order chi connectivity index (χ1) is 9.07. The summed E-state index contributed by atoms with van der Waals surface area (Å²) >= 11 is 0. The van der Waals surface area contributed by atoms with Gasteiger partial charge in [0, 0.05) is 25.7 Å². The summed E-state index contributed by atoms with van der Waals surface area (Å²) in [5.41, 5.74) is -0.0540. The molecule has 19 heavy (non-hydrogen) atoms. The fourth-order valence-electron chi connectivity index (χ4n) is 3.07. The summed E-state index contributed by atoms with van der Waals surface area (Å²) in [6.45, 7) is 7.41. The standard InChI is InChI=1S/C15H28N2O2/c1-15(2)11-13(7-10-19-15)16-12-14(18)17-8-5-3-4-6-9-17/h13,16H,3-12H2,1-2H3. The van der Waals surface area contributed by atoms with Gasteiger partial charge in [0.1, 0.15) is 0 Å². The lowest BCUT2D eigenvalue weighted by molar-refractivity contribution is -0.130. The van der Waals surface area contributed by atoms with Crippen LogP contribution in [0.15, 0.2) is 0 Å². The minimum absolute atomic E-state index is 0.0540. The van der Waals surface area contributed by atoms with Crippen molar-refractivity contribution in [1.82, 2.24) is 10.2 Å². The van der Waals surface area contributed by atoms with Crippen LogP contribution in [0.2, 0.25) is 0 Å². The third kappa shape index (κ3) is 4.77. The minimum Gasteiger partial charge on any atom is -0.375 e. The number of rotatable bonds is 3. The number of hydrogen-bond acceptors (Lipinski definition) is 3. The molecule has 1 N–H and O–H groups in total. The van der Waals surface area contributed by atoms with Crippen molar-refractivity contribution < 1.29 is 9.53 Å². The fraction of sp³-hybridized carbons (Fsp3) is 0.933. The molecule has 2 fully saturated rings. The second-order valence-corrected chi connectivity index (χ2v) is 6.47. The summed E-state index contributed by atoms with van der Waals surface area (Å²) in [6.07, 6.45) is 6.86. The third-order valence-corrected chi connectivity index (χ3v) is 4.20. The topological polar surface area (TPSA) is 41.6 Å². The van der Waals surface area contributed by atoms with Gasteiger partial charge in [-0.1, -0.05) is 12.8 Å². The van der Waals surface area contributed by atoms with Gasteiger partial charge in [0.25, 0.3) is 0 Å². The highest BCUT2D eigenvalue weighted by Crippen LogP contribution is 2.23. The maximum atomic E-state index is 12.2. The predicted molar refractivity (Wildman–Crippen MR) is 76.1 cm³/mol. The molecule has 0 spiro atoms. The first-order valence-corrected chi connectivity index (χ1v) is 7.72. The second kappa shape index (κ2) is 6.71. The zero-order valence-corrected chi connectivity index (χ0v) is 12.4. The SMILES string of the molecule is CC1(C)CC(NCC(=O)N2CCCCCC2)CCO1. The van der Waals surface area contributed by atoms with Crippen LogP contribution in [0.1, 0.15) is 52.4 Å². The van der Waals surface area contributed by atoms with E-state index >= 15 is 0 Å². The molecule has 0 bridgehead atoms. The van der Waals surface area contributed by atoms with E-state index < -0.39 is 0 Å². The maximum absolute atomic E-state index is 12.2. The van der Waals surface area contributed by atoms with Gasteiger partial charge >= 0.3 is 0 Å². The number of amides is 1. The lowest BCUT2D eigenvalue weighted by Crippen LogP contribution is -2.47. The quantitative estimate of drug-likeness (QED) is 0.850. The molecule has 110 valence electrons. The van der Waals surface area contributed by atoms with Crippen LogP contribution in [0.4, 0.5) is 0 Å². The van der Waals surface area contributed by atoms with Gasteiger partial charge in [0.05, 0.1) is 12.1 Å². The van der Waals surface area contributed by atoms with Gasteiger partial charge in [-0.3, -0.25) is 4.79 Å². The lowest BCUT2D eigenvalue weighted by Gasteiger charge is -2.36. The normalized spacial score (nSPS) is 27.9. The van der Waals surface area contributed by atoms with E-state index in [1.807, 2.05) is 4.90 Å². The number of hydrogen-bond donors (Lipinski definition) is 1. The van der Waals surface area contributed by atoms with Crippen molar-refractivity contribution in [2.24, 2.45) is 0 Å². The molecule has 2 rings (SSSR count). The molecule has 1 amide bonds. The highest BCUT2D eigenvalue weighted by molar-refractivity contribution is 5.78. The average molecular weight is 268 g/mol. The summed E-state index contributed by atoms with van der Waals surface area (Å²) in [7, 11) is 0. The van der Waals surface area contributed by atoms with Crippen molar-refractivity contribution in [3.8, 4) is 0 Å². The van der Waals surface area contributed by atoms with E-state index in [9.17, 15) is 4.79 Å². The van der Waals surface area contributed by atoms with E-state index in [1.165, 1.54) is 12.8 Å². The van der Waals surface area contributed by atoms with Crippen LogP contribution in [0.3, 0.4) is 0 Å². The van der Waals surface area contributed by atoms with Gasteiger partial charge in [0.15, 0.2) is 0 Å². The lowest BCUT2D eigenvalue weighted by atomic mass is 9.94. The summed E-state index contributed by atoms with van der Waals surface area (Å²) in [5, 5.41) is 3.42. The van der Waals surface area contributed by atoms with Gasteiger partial charge in [-0.15, -0.1) is 0 Å². The minimum atomic E-state index is -0.0540. The van der Waals surface area contributed by atoms with Gasteiger partial charge in [-0.05, 0) is 39.5 Å². The molecular formula is C15H28N2O2. The van der Waals surface area contributed by atoms with Crippen LogP contribution >= 0.6 is 0 Å². The zero-order valence-electron chi connectivity index (χ0n) is 12.4. The molecule has 2 aliphatic rings. The number of nitrogens with one attached hydrogen (secondary N) is 1. The van der Waals surface area contributed by atoms with Crippen molar-refractivity contribution in [2.75, 3.05) is 26.2 Å². The maximum Gasteiger partial charge on any atom is 0.236 e. The first-order valence-electron chi connectivity index (χ1n) is 7.72.